The lowest BCUT2D eigenvalue weighted by molar-refractivity contribution is -0.149. The molecule has 0 saturated carbocycles. The number of nitrogens with zero attached hydrogens (tertiary/aromatic N) is 4. The van der Waals surface area contributed by atoms with Gasteiger partial charge in [0.1, 0.15) is 10.4 Å². The second kappa shape index (κ2) is 5.74. The number of carboxylic acid groups (broad SMARTS) is 1. The number of hydrogen-bond donors (Lipinski definition) is 1. The average molecular weight is 336 g/mol. The highest BCUT2D eigenvalue weighted by atomic mass is 32.2. The van der Waals surface area contributed by atoms with Crippen LogP contribution in [0.2, 0.25) is 0 Å². The van der Waals surface area contributed by atoms with Crippen LogP contribution in [0.5, 0.6) is 0 Å². The Labute approximate surface area is 133 Å². The molecule has 1 saturated heterocycles. The van der Waals surface area contributed by atoms with Crippen LogP contribution in [0.15, 0.2) is 48.1 Å². The molecule has 0 amide bonds. The molecule has 122 valence electrons. The smallest absolute Gasteiger partial charge is 0.330 e. The predicted octanol–water partition coefficient (Wildman–Crippen LogP) is 0.543. The minimum absolute atomic E-state index is 0.116. The molecule has 0 aliphatic carbocycles. The van der Waals surface area contributed by atoms with Crippen LogP contribution >= 0.6 is 0 Å². The van der Waals surface area contributed by atoms with E-state index in [9.17, 15) is 18.3 Å². The van der Waals surface area contributed by atoms with E-state index >= 15 is 0 Å². The van der Waals surface area contributed by atoms with Crippen molar-refractivity contribution in [2.24, 2.45) is 0 Å². The van der Waals surface area contributed by atoms with Gasteiger partial charge in [-0.05, 0) is 25.0 Å². The molecule has 2 aromatic rings. The number of rotatable bonds is 4. The third-order valence-electron chi connectivity index (χ3n) is 4.22. The molecule has 9 heteroatoms. The average Bonchev–Trinajstić information content (AvgIpc) is 3.10. The predicted molar refractivity (Wildman–Crippen MR) is 80.1 cm³/mol. The van der Waals surface area contributed by atoms with E-state index in [0.29, 0.717) is 0 Å². The lowest BCUT2D eigenvalue weighted by atomic mass is 9.88. The van der Waals surface area contributed by atoms with E-state index in [2.05, 4.69) is 9.97 Å². The Morgan fingerprint density at radius 2 is 1.96 bits per heavy atom. The zero-order valence-corrected chi connectivity index (χ0v) is 13.1. The van der Waals surface area contributed by atoms with E-state index in [0.717, 1.165) is 0 Å². The highest BCUT2D eigenvalue weighted by Crippen LogP contribution is 2.32. The summed E-state index contributed by atoms with van der Waals surface area (Å²) in [5, 5.41) is 9.64. The summed E-state index contributed by atoms with van der Waals surface area (Å²) in [5.74, 6) is -0.978. The Balaban J connectivity index is 1.84. The van der Waals surface area contributed by atoms with Crippen molar-refractivity contribution in [1.82, 2.24) is 18.8 Å². The van der Waals surface area contributed by atoms with Crippen LogP contribution in [0.25, 0.3) is 0 Å². The SMILES string of the molecule is O=C(O)C1(n2ccnc2)CCN(S(=O)(=O)c2cccnc2)CC1. The summed E-state index contributed by atoms with van der Waals surface area (Å²) < 4.78 is 28.0. The summed E-state index contributed by atoms with van der Waals surface area (Å²) in [7, 11) is -3.65. The molecule has 1 aliphatic rings. The van der Waals surface area contributed by atoms with E-state index < -0.39 is 21.5 Å². The summed E-state index contributed by atoms with van der Waals surface area (Å²) in [4.78, 5) is 19.6. The van der Waals surface area contributed by atoms with Crippen molar-refractivity contribution in [1.29, 1.82) is 0 Å². The van der Waals surface area contributed by atoms with Crippen molar-refractivity contribution in [3.63, 3.8) is 0 Å². The van der Waals surface area contributed by atoms with Gasteiger partial charge in [0.15, 0.2) is 0 Å². The normalized spacial score (nSPS) is 18.6. The van der Waals surface area contributed by atoms with Gasteiger partial charge in [0.05, 0.1) is 6.33 Å². The lowest BCUT2D eigenvalue weighted by Crippen LogP contribution is -2.51. The second-order valence-electron chi connectivity index (χ2n) is 5.40. The maximum atomic E-state index is 12.6. The van der Waals surface area contributed by atoms with Gasteiger partial charge in [0.25, 0.3) is 0 Å². The van der Waals surface area contributed by atoms with Gasteiger partial charge in [0.2, 0.25) is 10.0 Å². The Hall–Kier alpha value is -2.26. The first-order valence-electron chi connectivity index (χ1n) is 7.09. The van der Waals surface area contributed by atoms with Gasteiger partial charge in [-0.15, -0.1) is 0 Å². The molecule has 0 aromatic carbocycles. The van der Waals surface area contributed by atoms with Crippen LogP contribution in [0.1, 0.15) is 12.8 Å². The van der Waals surface area contributed by atoms with Crippen molar-refractivity contribution in [2.75, 3.05) is 13.1 Å². The van der Waals surface area contributed by atoms with Gasteiger partial charge < -0.3 is 9.67 Å². The molecule has 0 radical (unpaired) electrons. The first-order chi connectivity index (χ1) is 11.0. The maximum Gasteiger partial charge on any atom is 0.330 e. The molecule has 3 rings (SSSR count). The Morgan fingerprint density at radius 1 is 1.22 bits per heavy atom. The Kier molecular flexibility index (Phi) is 3.90. The Bertz CT molecular complexity index is 781. The van der Waals surface area contributed by atoms with Crippen molar-refractivity contribution in [3.8, 4) is 0 Å². The van der Waals surface area contributed by atoms with Crippen molar-refractivity contribution < 1.29 is 18.3 Å². The standard InChI is InChI=1S/C14H16N4O4S/c19-13(20)14(17-9-6-16-11-17)3-7-18(8-4-14)23(21,22)12-2-1-5-15-10-12/h1-2,5-6,9-11H,3-4,7-8H2,(H,19,20). The number of pyridine rings is 1. The summed E-state index contributed by atoms with van der Waals surface area (Å²) in [6.07, 6.45) is 7.73. The second-order valence-corrected chi connectivity index (χ2v) is 7.34. The fourth-order valence-electron chi connectivity index (χ4n) is 2.84. The first-order valence-corrected chi connectivity index (χ1v) is 8.53. The molecule has 2 aromatic heterocycles. The molecular formula is C14H16N4O4S. The maximum absolute atomic E-state index is 12.6. The fraction of sp³-hybridized carbons (Fsp3) is 0.357. The number of imidazole rings is 1. The molecule has 1 aliphatic heterocycles. The first kappa shape index (κ1) is 15.6. The molecule has 0 spiro atoms. The molecule has 8 nitrogen and oxygen atoms in total. The van der Waals surface area contributed by atoms with Crippen LogP contribution in [0, 0.1) is 0 Å². The zero-order chi connectivity index (χ0) is 16.5. The lowest BCUT2D eigenvalue weighted by Gasteiger charge is -2.38. The van der Waals surface area contributed by atoms with Crippen LogP contribution in [-0.2, 0) is 20.4 Å². The monoisotopic (exact) mass is 336 g/mol. The van der Waals surface area contributed by atoms with E-state index in [4.69, 9.17) is 0 Å². The highest BCUT2D eigenvalue weighted by Gasteiger charge is 2.45. The van der Waals surface area contributed by atoms with E-state index in [1.165, 1.54) is 35.3 Å². The number of aliphatic carboxylic acids is 1. The molecule has 23 heavy (non-hydrogen) atoms. The van der Waals surface area contributed by atoms with Crippen molar-refractivity contribution >= 4 is 16.0 Å². The van der Waals surface area contributed by atoms with Crippen LogP contribution in [-0.4, -0.2) is 51.4 Å². The van der Waals surface area contributed by atoms with Gasteiger partial charge >= 0.3 is 5.97 Å². The van der Waals surface area contributed by atoms with Gasteiger partial charge in [-0.25, -0.2) is 18.2 Å². The number of carbonyl (C=O) groups is 1. The van der Waals surface area contributed by atoms with Crippen molar-refractivity contribution in [2.45, 2.75) is 23.3 Å². The van der Waals surface area contributed by atoms with E-state index in [1.807, 2.05) is 0 Å². The van der Waals surface area contributed by atoms with E-state index in [-0.39, 0.29) is 30.8 Å². The van der Waals surface area contributed by atoms with Gasteiger partial charge in [-0.2, -0.15) is 4.31 Å². The largest absolute Gasteiger partial charge is 0.479 e. The molecular weight excluding hydrogens is 320 g/mol. The zero-order valence-electron chi connectivity index (χ0n) is 12.2. The number of piperidine rings is 1. The number of sulfonamides is 1. The number of hydrogen-bond acceptors (Lipinski definition) is 5. The molecule has 3 heterocycles. The van der Waals surface area contributed by atoms with Gasteiger partial charge in [-0.1, -0.05) is 0 Å². The Morgan fingerprint density at radius 3 is 2.48 bits per heavy atom. The minimum atomic E-state index is -3.65. The van der Waals surface area contributed by atoms with Gasteiger partial charge in [-0.3, -0.25) is 4.98 Å². The number of aromatic nitrogens is 3. The molecule has 0 unspecified atom stereocenters. The van der Waals surface area contributed by atoms with Crippen LogP contribution in [0.3, 0.4) is 0 Å². The number of carboxylic acids is 1. The summed E-state index contributed by atoms with van der Waals surface area (Å²) in [6, 6.07) is 3.04. The van der Waals surface area contributed by atoms with E-state index in [1.54, 1.807) is 16.8 Å². The van der Waals surface area contributed by atoms with Crippen LogP contribution < -0.4 is 0 Å². The summed E-state index contributed by atoms with van der Waals surface area (Å²) in [6.45, 7) is 0.253. The topological polar surface area (TPSA) is 105 Å². The minimum Gasteiger partial charge on any atom is -0.479 e. The quantitative estimate of drug-likeness (QED) is 0.874. The van der Waals surface area contributed by atoms with Gasteiger partial charge in [0, 0.05) is 37.9 Å². The summed E-state index contributed by atoms with van der Waals surface area (Å²) >= 11 is 0. The van der Waals surface area contributed by atoms with Crippen molar-refractivity contribution in [3.05, 3.63) is 43.2 Å². The van der Waals surface area contributed by atoms with Crippen LogP contribution in [0.4, 0.5) is 0 Å². The molecule has 0 bridgehead atoms. The third kappa shape index (κ3) is 2.62. The summed E-state index contributed by atoms with van der Waals surface area (Å²) in [5.41, 5.74) is -1.16. The highest BCUT2D eigenvalue weighted by molar-refractivity contribution is 7.89. The molecule has 1 fully saturated rings. The molecule has 1 N–H and O–H groups in total. The molecule has 0 atom stereocenters. The third-order valence-corrected chi connectivity index (χ3v) is 6.10. The fourth-order valence-corrected chi connectivity index (χ4v) is 4.25.